The highest BCUT2D eigenvalue weighted by atomic mass is 16.3. The van der Waals surface area contributed by atoms with Crippen LogP contribution in [-0.4, -0.2) is 22.2 Å². The first-order valence-electron chi connectivity index (χ1n) is 6.46. The van der Waals surface area contributed by atoms with Gasteiger partial charge in [0.1, 0.15) is 0 Å². The maximum atomic E-state index is 10.4. The molecule has 0 bridgehead atoms. The van der Waals surface area contributed by atoms with Crippen molar-refractivity contribution >= 4 is 5.69 Å². The zero-order valence-electron chi connectivity index (χ0n) is 10.7. The highest BCUT2D eigenvalue weighted by Gasteiger charge is 2.31. The molecule has 0 aromatic carbocycles. The van der Waals surface area contributed by atoms with Gasteiger partial charge < -0.3 is 10.4 Å². The van der Waals surface area contributed by atoms with Crippen LogP contribution in [0.4, 0.5) is 5.69 Å². The van der Waals surface area contributed by atoms with Crippen LogP contribution in [0.2, 0.25) is 0 Å². The SMILES string of the molecule is Cc1cc(NCC2(O)CCC(C)CC2)ccn1. The second-order valence-electron chi connectivity index (χ2n) is 5.45. The van der Waals surface area contributed by atoms with Crippen LogP contribution in [0, 0.1) is 12.8 Å². The van der Waals surface area contributed by atoms with Crippen LogP contribution in [0.15, 0.2) is 18.3 Å². The number of rotatable bonds is 3. The maximum absolute atomic E-state index is 10.4. The number of aryl methyl sites for hydroxylation is 1. The second kappa shape index (κ2) is 5.05. The van der Waals surface area contributed by atoms with Crippen molar-refractivity contribution in [1.82, 2.24) is 4.98 Å². The average molecular weight is 234 g/mol. The summed E-state index contributed by atoms with van der Waals surface area (Å²) < 4.78 is 0. The van der Waals surface area contributed by atoms with E-state index in [0.717, 1.165) is 43.0 Å². The first kappa shape index (κ1) is 12.4. The van der Waals surface area contributed by atoms with E-state index in [-0.39, 0.29) is 0 Å². The molecule has 0 atom stereocenters. The van der Waals surface area contributed by atoms with Crippen molar-refractivity contribution in [3.8, 4) is 0 Å². The van der Waals surface area contributed by atoms with E-state index in [9.17, 15) is 5.11 Å². The molecular formula is C14H22N2O. The first-order chi connectivity index (χ1) is 8.07. The molecule has 3 heteroatoms. The Morgan fingerprint density at radius 3 is 2.82 bits per heavy atom. The van der Waals surface area contributed by atoms with Gasteiger partial charge in [0, 0.05) is 24.1 Å². The summed E-state index contributed by atoms with van der Waals surface area (Å²) in [5.74, 6) is 0.762. The Hall–Kier alpha value is -1.09. The molecule has 94 valence electrons. The second-order valence-corrected chi connectivity index (χ2v) is 5.45. The molecule has 3 nitrogen and oxygen atoms in total. The van der Waals surface area contributed by atoms with Gasteiger partial charge in [-0.3, -0.25) is 4.98 Å². The van der Waals surface area contributed by atoms with E-state index in [1.807, 2.05) is 19.1 Å². The molecule has 1 aromatic rings. The summed E-state index contributed by atoms with van der Waals surface area (Å²) in [6.07, 6.45) is 5.88. The van der Waals surface area contributed by atoms with Crippen LogP contribution in [0.5, 0.6) is 0 Å². The topological polar surface area (TPSA) is 45.1 Å². The van der Waals surface area contributed by atoms with Gasteiger partial charge in [-0.25, -0.2) is 0 Å². The Labute approximate surface area is 103 Å². The average Bonchev–Trinajstić information content (AvgIpc) is 2.31. The number of aromatic nitrogens is 1. The highest BCUT2D eigenvalue weighted by molar-refractivity contribution is 5.43. The third-order valence-electron chi connectivity index (χ3n) is 3.72. The molecule has 1 fully saturated rings. The van der Waals surface area contributed by atoms with Gasteiger partial charge in [0.25, 0.3) is 0 Å². The zero-order chi connectivity index (χ0) is 12.3. The van der Waals surface area contributed by atoms with Crippen molar-refractivity contribution in [3.63, 3.8) is 0 Å². The lowest BCUT2D eigenvalue weighted by Crippen LogP contribution is -2.40. The van der Waals surface area contributed by atoms with Crippen molar-refractivity contribution in [2.24, 2.45) is 5.92 Å². The predicted molar refractivity (Wildman–Crippen MR) is 70.0 cm³/mol. The van der Waals surface area contributed by atoms with E-state index >= 15 is 0 Å². The lowest BCUT2D eigenvalue weighted by molar-refractivity contribution is 0.00501. The van der Waals surface area contributed by atoms with E-state index in [4.69, 9.17) is 0 Å². The lowest BCUT2D eigenvalue weighted by atomic mass is 9.79. The Balaban J connectivity index is 1.89. The lowest BCUT2D eigenvalue weighted by Gasteiger charge is -2.35. The van der Waals surface area contributed by atoms with Crippen LogP contribution < -0.4 is 5.32 Å². The fourth-order valence-corrected chi connectivity index (χ4v) is 2.40. The van der Waals surface area contributed by atoms with E-state index < -0.39 is 5.60 Å². The van der Waals surface area contributed by atoms with Crippen molar-refractivity contribution < 1.29 is 5.11 Å². The summed E-state index contributed by atoms with van der Waals surface area (Å²) >= 11 is 0. The third-order valence-corrected chi connectivity index (χ3v) is 3.72. The van der Waals surface area contributed by atoms with Crippen LogP contribution in [0.3, 0.4) is 0 Å². The number of hydrogen-bond donors (Lipinski definition) is 2. The quantitative estimate of drug-likeness (QED) is 0.845. The summed E-state index contributed by atoms with van der Waals surface area (Å²) in [5, 5.41) is 13.8. The molecule has 2 rings (SSSR count). The van der Waals surface area contributed by atoms with Gasteiger partial charge in [0.15, 0.2) is 0 Å². The minimum absolute atomic E-state index is 0.524. The van der Waals surface area contributed by atoms with Gasteiger partial charge in [-0.15, -0.1) is 0 Å². The van der Waals surface area contributed by atoms with Gasteiger partial charge in [-0.05, 0) is 50.7 Å². The first-order valence-corrected chi connectivity index (χ1v) is 6.46. The fraction of sp³-hybridized carbons (Fsp3) is 0.643. The molecule has 0 spiro atoms. The smallest absolute Gasteiger partial charge is 0.0819 e. The number of pyridine rings is 1. The van der Waals surface area contributed by atoms with Gasteiger partial charge >= 0.3 is 0 Å². The highest BCUT2D eigenvalue weighted by Crippen LogP contribution is 2.31. The fourth-order valence-electron chi connectivity index (χ4n) is 2.40. The monoisotopic (exact) mass is 234 g/mol. The Morgan fingerprint density at radius 2 is 2.18 bits per heavy atom. The van der Waals surface area contributed by atoms with E-state index in [0.29, 0.717) is 6.54 Å². The van der Waals surface area contributed by atoms with Crippen LogP contribution >= 0.6 is 0 Å². The van der Waals surface area contributed by atoms with E-state index in [1.54, 1.807) is 6.20 Å². The summed E-state index contributed by atoms with van der Waals surface area (Å²) in [6, 6.07) is 3.95. The largest absolute Gasteiger partial charge is 0.388 e. The molecule has 1 aliphatic rings. The van der Waals surface area contributed by atoms with Crippen molar-refractivity contribution in [2.75, 3.05) is 11.9 Å². The molecule has 1 heterocycles. The Kier molecular flexibility index (Phi) is 3.67. The minimum Gasteiger partial charge on any atom is -0.388 e. The van der Waals surface area contributed by atoms with Crippen LogP contribution in [0.1, 0.15) is 38.3 Å². The Bertz CT molecular complexity index is 370. The molecule has 1 aliphatic carbocycles. The molecule has 0 saturated heterocycles. The standard InChI is InChI=1S/C14H22N2O/c1-11-3-6-14(17,7-4-11)10-16-13-5-8-15-12(2)9-13/h5,8-9,11,17H,3-4,6-7,10H2,1-2H3,(H,15,16). The van der Waals surface area contributed by atoms with Crippen LogP contribution in [0.25, 0.3) is 0 Å². The number of anilines is 1. The molecule has 0 radical (unpaired) electrons. The van der Waals surface area contributed by atoms with Crippen LogP contribution in [-0.2, 0) is 0 Å². The predicted octanol–water partition coefficient (Wildman–Crippen LogP) is 2.74. The maximum Gasteiger partial charge on any atom is 0.0819 e. The van der Waals surface area contributed by atoms with E-state index in [2.05, 4.69) is 17.2 Å². The molecule has 1 saturated carbocycles. The summed E-state index contributed by atoms with van der Waals surface area (Å²) in [6.45, 7) is 4.88. The molecular weight excluding hydrogens is 212 g/mol. The third kappa shape index (κ3) is 3.43. The minimum atomic E-state index is -0.524. The molecule has 0 amide bonds. The Morgan fingerprint density at radius 1 is 1.47 bits per heavy atom. The van der Waals surface area contributed by atoms with Gasteiger partial charge in [0.2, 0.25) is 0 Å². The number of hydrogen-bond acceptors (Lipinski definition) is 3. The zero-order valence-corrected chi connectivity index (χ0v) is 10.7. The molecule has 0 aliphatic heterocycles. The molecule has 17 heavy (non-hydrogen) atoms. The van der Waals surface area contributed by atoms with E-state index in [1.165, 1.54) is 0 Å². The van der Waals surface area contributed by atoms with Crippen molar-refractivity contribution in [1.29, 1.82) is 0 Å². The normalized spacial score (nSPS) is 29.0. The molecule has 1 aromatic heterocycles. The summed E-state index contributed by atoms with van der Waals surface area (Å²) in [5.41, 5.74) is 1.52. The number of nitrogens with zero attached hydrogens (tertiary/aromatic N) is 1. The molecule has 0 unspecified atom stereocenters. The van der Waals surface area contributed by atoms with Gasteiger partial charge in [-0.2, -0.15) is 0 Å². The number of nitrogens with one attached hydrogen (secondary N) is 1. The van der Waals surface area contributed by atoms with Crippen molar-refractivity contribution in [3.05, 3.63) is 24.0 Å². The summed E-state index contributed by atoms with van der Waals surface area (Å²) in [7, 11) is 0. The van der Waals surface area contributed by atoms with Gasteiger partial charge in [0.05, 0.1) is 5.60 Å². The van der Waals surface area contributed by atoms with Crippen molar-refractivity contribution in [2.45, 2.75) is 45.1 Å². The molecule has 2 N–H and O–H groups in total. The number of aliphatic hydroxyl groups is 1. The summed E-state index contributed by atoms with van der Waals surface area (Å²) in [4.78, 5) is 4.16. The van der Waals surface area contributed by atoms with Gasteiger partial charge in [-0.1, -0.05) is 6.92 Å².